The average Bonchev–Trinajstić information content (AvgIpc) is 2.81. The molecular weight excluding hydrogens is 537 g/mol. The van der Waals surface area contributed by atoms with Gasteiger partial charge in [0.25, 0.3) is 0 Å². The normalized spacial score (nSPS) is 12.2. The number of rotatable bonds is 12. The molecule has 0 saturated heterocycles. The van der Waals surface area contributed by atoms with Gasteiger partial charge >= 0.3 is 0 Å². The molecule has 11 heteroatoms. The highest BCUT2D eigenvalue weighted by Crippen LogP contribution is 2.25. The van der Waals surface area contributed by atoms with E-state index < -0.39 is 28.5 Å². The van der Waals surface area contributed by atoms with Crippen LogP contribution in [-0.4, -0.2) is 56.3 Å². The molecule has 0 fully saturated rings. The molecule has 2 rings (SSSR count). The quantitative estimate of drug-likeness (QED) is 0.378. The maximum Gasteiger partial charge on any atom is 0.244 e. The van der Waals surface area contributed by atoms with Crippen LogP contribution >= 0.6 is 23.2 Å². The number of amides is 2. The Morgan fingerprint density at radius 1 is 1.05 bits per heavy atom. The lowest BCUT2D eigenvalue weighted by Gasteiger charge is -2.33. The summed E-state index contributed by atoms with van der Waals surface area (Å²) >= 11 is 12.4. The third kappa shape index (κ3) is 8.72. The number of nitrogens with zero attached hydrogens (tertiary/aromatic N) is 2. The van der Waals surface area contributed by atoms with E-state index in [9.17, 15) is 22.8 Å². The molecule has 37 heavy (non-hydrogen) atoms. The molecule has 8 nitrogen and oxygen atoms in total. The first-order valence-corrected chi connectivity index (χ1v) is 14.4. The Bertz CT molecular complexity index is 1250. The zero-order valence-corrected chi connectivity index (χ0v) is 24.0. The number of Topliss-reactive ketones (excluding diaryl/α,β-unsaturated/α-hetero) is 1. The van der Waals surface area contributed by atoms with Crippen LogP contribution < -0.4 is 9.62 Å². The van der Waals surface area contributed by atoms with E-state index in [1.54, 1.807) is 31.2 Å². The monoisotopic (exact) mass is 569 g/mol. The largest absolute Gasteiger partial charge is 0.354 e. The van der Waals surface area contributed by atoms with Crippen LogP contribution in [0.1, 0.15) is 50.0 Å². The van der Waals surface area contributed by atoms with E-state index in [1.165, 1.54) is 30.0 Å². The van der Waals surface area contributed by atoms with Gasteiger partial charge in [-0.15, -0.1) is 0 Å². The molecule has 0 aromatic heterocycles. The summed E-state index contributed by atoms with van der Waals surface area (Å²) in [5.41, 5.74) is 1.03. The first kappa shape index (κ1) is 30.6. The number of carbonyl (C=O) groups excluding carboxylic acids is 3. The standard InChI is InChI=1S/C26H33Cl2N3O5S/c1-6-24(26(34)29-14-17(2)3)30(15-20-10-11-21(27)13-23(20)28)25(33)16-31(37(5,35)36)22-9-7-8-19(12-22)18(4)32/h7-13,17,24H,6,14-16H2,1-5H3,(H,29,34). The van der Waals surface area contributed by atoms with Crippen LogP contribution in [0, 0.1) is 5.92 Å². The summed E-state index contributed by atoms with van der Waals surface area (Å²) in [7, 11) is -3.92. The lowest BCUT2D eigenvalue weighted by Crippen LogP contribution is -2.52. The summed E-state index contributed by atoms with van der Waals surface area (Å²) in [6.45, 7) is 6.87. The zero-order valence-electron chi connectivity index (χ0n) is 21.6. The zero-order chi connectivity index (χ0) is 27.9. The van der Waals surface area contributed by atoms with Crippen LogP contribution in [0.2, 0.25) is 10.0 Å². The summed E-state index contributed by atoms with van der Waals surface area (Å²) in [5.74, 6) is -0.991. The Hall–Kier alpha value is -2.62. The SMILES string of the molecule is CCC(C(=O)NCC(C)C)N(Cc1ccc(Cl)cc1Cl)C(=O)CN(c1cccc(C(C)=O)c1)S(C)(=O)=O. The maximum atomic E-state index is 13.7. The van der Waals surface area contributed by atoms with Gasteiger partial charge in [0.15, 0.2) is 5.78 Å². The average molecular weight is 571 g/mol. The second kappa shape index (κ2) is 13.3. The second-order valence-electron chi connectivity index (χ2n) is 9.20. The van der Waals surface area contributed by atoms with Crippen LogP contribution in [0.5, 0.6) is 0 Å². The van der Waals surface area contributed by atoms with Crippen molar-refractivity contribution < 1.29 is 22.8 Å². The number of anilines is 1. The van der Waals surface area contributed by atoms with E-state index in [4.69, 9.17) is 23.2 Å². The number of nitrogens with one attached hydrogen (secondary N) is 1. The van der Waals surface area contributed by atoms with Crippen molar-refractivity contribution in [3.63, 3.8) is 0 Å². The smallest absolute Gasteiger partial charge is 0.244 e. The topological polar surface area (TPSA) is 104 Å². The molecule has 1 N–H and O–H groups in total. The Kier molecular flexibility index (Phi) is 11.0. The Morgan fingerprint density at radius 2 is 1.73 bits per heavy atom. The summed E-state index contributed by atoms with van der Waals surface area (Å²) in [6, 6.07) is 10.00. The van der Waals surface area contributed by atoms with Gasteiger partial charge in [0, 0.05) is 28.7 Å². The van der Waals surface area contributed by atoms with Crippen molar-refractivity contribution in [3.05, 3.63) is 63.6 Å². The molecule has 0 aliphatic carbocycles. The molecule has 2 amide bonds. The fourth-order valence-corrected chi connectivity index (χ4v) is 4.98. The number of ketones is 1. The molecular formula is C26H33Cl2N3O5S. The molecule has 1 atom stereocenters. The summed E-state index contributed by atoms with van der Waals surface area (Å²) in [6.07, 6.45) is 1.27. The van der Waals surface area contributed by atoms with Crippen molar-refractivity contribution in [3.8, 4) is 0 Å². The third-order valence-electron chi connectivity index (χ3n) is 5.65. The van der Waals surface area contributed by atoms with Crippen LogP contribution in [0.3, 0.4) is 0 Å². The van der Waals surface area contributed by atoms with Crippen molar-refractivity contribution >= 4 is 56.5 Å². The van der Waals surface area contributed by atoms with Gasteiger partial charge in [-0.2, -0.15) is 0 Å². The van der Waals surface area contributed by atoms with Gasteiger partial charge < -0.3 is 10.2 Å². The molecule has 0 aliphatic heterocycles. The molecule has 0 heterocycles. The number of benzene rings is 2. The minimum absolute atomic E-state index is 0.0342. The van der Waals surface area contributed by atoms with E-state index in [1.807, 2.05) is 13.8 Å². The van der Waals surface area contributed by atoms with Gasteiger partial charge in [-0.05, 0) is 49.1 Å². The predicted molar refractivity (Wildman–Crippen MR) is 148 cm³/mol. The fraction of sp³-hybridized carbons (Fsp3) is 0.423. The Balaban J connectivity index is 2.49. The van der Waals surface area contributed by atoms with E-state index in [0.717, 1.165) is 10.6 Å². The lowest BCUT2D eigenvalue weighted by molar-refractivity contribution is -0.140. The molecule has 2 aromatic rings. The predicted octanol–water partition coefficient (Wildman–Crippen LogP) is 4.54. The number of halogens is 2. The number of carbonyl (C=O) groups is 3. The van der Waals surface area contributed by atoms with E-state index in [2.05, 4.69) is 5.32 Å². The van der Waals surface area contributed by atoms with Gasteiger partial charge in [-0.25, -0.2) is 8.42 Å². The van der Waals surface area contributed by atoms with Crippen LogP contribution in [-0.2, 0) is 26.2 Å². The van der Waals surface area contributed by atoms with Gasteiger partial charge in [0.05, 0.1) is 11.9 Å². The highest BCUT2D eigenvalue weighted by atomic mass is 35.5. The molecule has 1 unspecified atom stereocenters. The number of sulfonamides is 1. The van der Waals surface area contributed by atoms with Crippen molar-refractivity contribution in [1.82, 2.24) is 10.2 Å². The molecule has 0 spiro atoms. The Labute approximate surface area is 229 Å². The summed E-state index contributed by atoms with van der Waals surface area (Å²) in [5, 5.41) is 3.59. The molecule has 202 valence electrons. The number of hydrogen-bond donors (Lipinski definition) is 1. The summed E-state index contributed by atoms with van der Waals surface area (Å²) < 4.78 is 26.4. The van der Waals surface area contributed by atoms with E-state index in [0.29, 0.717) is 34.1 Å². The molecule has 0 aliphatic rings. The summed E-state index contributed by atoms with van der Waals surface area (Å²) in [4.78, 5) is 40.0. The minimum Gasteiger partial charge on any atom is -0.354 e. The van der Waals surface area contributed by atoms with Crippen molar-refractivity contribution in [2.24, 2.45) is 5.92 Å². The minimum atomic E-state index is -3.92. The fourth-order valence-electron chi connectivity index (χ4n) is 3.67. The van der Waals surface area contributed by atoms with Gasteiger partial charge in [0.1, 0.15) is 12.6 Å². The molecule has 2 aromatic carbocycles. The Morgan fingerprint density at radius 3 is 2.27 bits per heavy atom. The lowest BCUT2D eigenvalue weighted by atomic mass is 10.1. The van der Waals surface area contributed by atoms with Gasteiger partial charge in [-0.1, -0.05) is 62.2 Å². The first-order valence-electron chi connectivity index (χ1n) is 11.8. The van der Waals surface area contributed by atoms with E-state index >= 15 is 0 Å². The molecule has 0 bridgehead atoms. The highest BCUT2D eigenvalue weighted by molar-refractivity contribution is 7.92. The van der Waals surface area contributed by atoms with Crippen molar-refractivity contribution in [1.29, 1.82) is 0 Å². The third-order valence-corrected chi connectivity index (χ3v) is 7.37. The first-order chi connectivity index (χ1) is 17.2. The van der Waals surface area contributed by atoms with E-state index in [-0.39, 0.29) is 29.8 Å². The van der Waals surface area contributed by atoms with Crippen LogP contribution in [0.25, 0.3) is 0 Å². The second-order valence-corrected chi connectivity index (χ2v) is 11.9. The van der Waals surface area contributed by atoms with Crippen LogP contribution in [0.15, 0.2) is 42.5 Å². The van der Waals surface area contributed by atoms with Gasteiger partial charge in [-0.3, -0.25) is 18.7 Å². The van der Waals surface area contributed by atoms with Crippen molar-refractivity contribution in [2.45, 2.75) is 46.7 Å². The van der Waals surface area contributed by atoms with Crippen molar-refractivity contribution in [2.75, 3.05) is 23.7 Å². The van der Waals surface area contributed by atoms with Gasteiger partial charge in [0.2, 0.25) is 21.8 Å². The molecule has 0 radical (unpaired) electrons. The number of hydrogen-bond acceptors (Lipinski definition) is 5. The molecule has 0 saturated carbocycles. The maximum absolute atomic E-state index is 13.7. The van der Waals surface area contributed by atoms with Crippen LogP contribution in [0.4, 0.5) is 5.69 Å². The highest BCUT2D eigenvalue weighted by Gasteiger charge is 2.32.